The lowest BCUT2D eigenvalue weighted by molar-refractivity contribution is 1.01. The highest BCUT2D eigenvalue weighted by molar-refractivity contribution is 9.10. The van der Waals surface area contributed by atoms with Crippen LogP contribution in [0.5, 0.6) is 0 Å². The fourth-order valence-electron chi connectivity index (χ4n) is 0.711. The minimum absolute atomic E-state index is 0.725. The summed E-state index contributed by atoms with van der Waals surface area (Å²) in [5.41, 5.74) is 5.34. The number of thiophene rings is 1. The zero-order valence-corrected chi connectivity index (χ0v) is 8.49. The molecule has 0 aromatic carbocycles. The smallest absolute Gasteiger partial charge is 0.0288 e. The molecule has 0 saturated heterocycles. The lowest BCUT2D eigenvalue weighted by Gasteiger charge is -1.83. The summed E-state index contributed by atoms with van der Waals surface area (Å²) >= 11 is 5.12. The predicted molar refractivity (Wildman–Crippen MR) is 54.7 cm³/mol. The molecule has 0 unspecified atom stereocenters. The van der Waals surface area contributed by atoms with Gasteiger partial charge in [0.2, 0.25) is 0 Å². The first-order valence-electron chi connectivity index (χ1n) is 3.43. The quantitative estimate of drug-likeness (QED) is 0.851. The molecule has 0 spiro atoms. The van der Waals surface area contributed by atoms with E-state index in [9.17, 15) is 0 Å². The van der Waals surface area contributed by atoms with Crippen molar-refractivity contribution in [1.82, 2.24) is 0 Å². The van der Waals surface area contributed by atoms with Crippen LogP contribution in [0, 0.1) is 0 Å². The van der Waals surface area contributed by atoms with E-state index in [4.69, 9.17) is 5.73 Å². The summed E-state index contributed by atoms with van der Waals surface area (Å²) in [6.07, 6.45) is 5.15. The lowest BCUT2D eigenvalue weighted by atomic mass is 10.3. The van der Waals surface area contributed by atoms with Gasteiger partial charge in [0.05, 0.1) is 0 Å². The van der Waals surface area contributed by atoms with Crippen molar-refractivity contribution in [1.29, 1.82) is 0 Å². The molecule has 0 aliphatic heterocycles. The third-order valence-corrected chi connectivity index (χ3v) is 2.86. The molecule has 1 nitrogen and oxygen atoms in total. The topological polar surface area (TPSA) is 26.0 Å². The van der Waals surface area contributed by atoms with Crippen LogP contribution < -0.4 is 5.73 Å². The first kappa shape index (κ1) is 8.97. The van der Waals surface area contributed by atoms with Crippen molar-refractivity contribution in [3.05, 3.63) is 26.9 Å². The van der Waals surface area contributed by atoms with E-state index in [-0.39, 0.29) is 0 Å². The molecule has 2 N–H and O–H groups in total. The van der Waals surface area contributed by atoms with E-state index in [2.05, 4.69) is 39.5 Å². The highest BCUT2D eigenvalue weighted by Gasteiger charge is 1.90. The van der Waals surface area contributed by atoms with E-state index in [0.29, 0.717) is 0 Å². The maximum Gasteiger partial charge on any atom is 0.0288 e. The molecule has 0 amide bonds. The van der Waals surface area contributed by atoms with E-state index in [1.807, 2.05) is 0 Å². The molecule has 60 valence electrons. The molecule has 3 heteroatoms. The Morgan fingerprint density at radius 3 is 3.00 bits per heavy atom. The first-order chi connectivity index (χ1) is 5.33. The molecule has 1 rings (SSSR count). The minimum atomic E-state index is 0.725. The van der Waals surface area contributed by atoms with Gasteiger partial charge in [-0.3, -0.25) is 0 Å². The van der Waals surface area contributed by atoms with Crippen molar-refractivity contribution >= 4 is 33.3 Å². The Hall–Kier alpha value is -0.120. The zero-order chi connectivity index (χ0) is 8.10. The Kier molecular flexibility index (Phi) is 3.83. The van der Waals surface area contributed by atoms with E-state index in [0.717, 1.165) is 17.4 Å². The van der Waals surface area contributed by atoms with Crippen LogP contribution in [0.4, 0.5) is 0 Å². The van der Waals surface area contributed by atoms with Crippen LogP contribution in [0.15, 0.2) is 22.0 Å². The Balaban J connectivity index is 2.50. The normalized spacial score (nSPS) is 11.1. The number of hydrogen-bond donors (Lipinski definition) is 1. The van der Waals surface area contributed by atoms with Gasteiger partial charge in [0.1, 0.15) is 0 Å². The molecule has 0 atom stereocenters. The second-order valence-electron chi connectivity index (χ2n) is 2.15. The summed E-state index contributed by atoms with van der Waals surface area (Å²) in [5.74, 6) is 0. The minimum Gasteiger partial charge on any atom is -0.330 e. The van der Waals surface area contributed by atoms with Gasteiger partial charge in [-0.15, -0.1) is 11.3 Å². The fourth-order valence-corrected chi connectivity index (χ4v) is 2.08. The van der Waals surface area contributed by atoms with Crippen LogP contribution >= 0.6 is 27.3 Å². The number of halogens is 1. The van der Waals surface area contributed by atoms with Gasteiger partial charge < -0.3 is 5.73 Å². The Morgan fingerprint density at radius 2 is 2.45 bits per heavy atom. The first-order valence-corrected chi connectivity index (χ1v) is 5.11. The van der Waals surface area contributed by atoms with Crippen LogP contribution in [-0.2, 0) is 0 Å². The van der Waals surface area contributed by atoms with Crippen molar-refractivity contribution in [2.45, 2.75) is 6.42 Å². The average molecular weight is 232 g/mol. The third kappa shape index (κ3) is 3.18. The van der Waals surface area contributed by atoms with E-state index < -0.39 is 0 Å². The summed E-state index contributed by atoms with van der Waals surface area (Å²) in [6.45, 7) is 0.725. The van der Waals surface area contributed by atoms with Crippen molar-refractivity contribution in [2.24, 2.45) is 5.73 Å². The van der Waals surface area contributed by atoms with Gasteiger partial charge >= 0.3 is 0 Å². The Bertz CT molecular complexity index is 242. The van der Waals surface area contributed by atoms with Crippen molar-refractivity contribution < 1.29 is 0 Å². The highest BCUT2D eigenvalue weighted by atomic mass is 79.9. The molecular weight excluding hydrogens is 222 g/mol. The SMILES string of the molecule is NCCC=Cc1cc(Br)cs1. The van der Waals surface area contributed by atoms with Gasteiger partial charge in [-0.25, -0.2) is 0 Å². The molecular formula is C8H10BrNS. The summed E-state index contributed by atoms with van der Waals surface area (Å²) in [5, 5.41) is 2.07. The maximum absolute atomic E-state index is 5.34. The molecule has 11 heavy (non-hydrogen) atoms. The van der Waals surface area contributed by atoms with Gasteiger partial charge in [-0.2, -0.15) is 0 Å². The average Bonchev–Trinajstić information content (AvgIpc) is 2.37. The van der Waals surface area contributed by atoms with E-state index in [1.54, 1.807) is 11.3 Å². The number of nitrogens with two attached hydrogens (primary N) is 1. The molecule has 0 aliphatic rings. The molecule has 1 aromatic heterocycles. The van der Waals surface area contributed by atoms with Gasteiger partial charge in [0, 0.05) is 14.7 Å². The fraction of sp³-hybridized carbons (Fsp3) is 0.250. The van der Waals surface area contributed by atoms with Gasteiger partial charge in [0.25, 0.3) is 0 Å². The number of hydrogen-bond acceptors (Lipinski definition) is 2. The third-order valence-electron chi connectivity index (χ3n) is 1.20. The molecule has 0 fully saturated rings. The maximum atomic E-state index is 5.34. The van der Waals surface area contributed by atoms with Gasteiger partial charge in [-0.1, -0.05) is 6.08 Å². The molecule has 1 aromatic rings. The molecule has 0 radical (unpaired) electrons. The zero-order valence-electron chi connectivity index (χ0n) is 6.09. The standard InChI is InChI=1S/C8H10BrNS/c9-7-5-8(11-6-7)3-1-2-4-10/h1,3,5-6H,2,4,10H2. The highest BCUT2D eigenvalue weighted by Crippen LogP contribution is 2.20. The number of rotatable bonds is 3. The second kappa shape index (κ2) is 4.70. The van der Waals surface area contributed by atoms with Crippen molar-refractivity contribution in [2.75, 3.05) is 6.54 Å². The van der Waals surface area contributed by atoms with Crippen molar-refractivity contribution in [3.63, 3.8) is 0 Å². The summed E-state index contributed by atoms with van der Waals surface area (Å²) in [7, 11) is 0. The lowest BCUT2D eigenvalue weighted by Crippen LogP contribution is -1.94. The largest absolute Gasteiger partial charge is 0.330 e. The van der Waals surface area contributed by atoms with Crippen LogP contribution in [0.25, 0.3) is 6.08 Å². The summed E-state index contributed by atoms with van der Waals surface area (Å²) in [6, 6.07) is 2.09. The molecule has 0 bridgehead atoms. The second-order valence-corrected chi connectivity index (χ2v) is 4.01. The molecule has 0 aliphatic carbocycles. The van der Waals surface area contributed by atoms with E-state index in [1.165, 1.54) is 4.88 Å². The van der Waals surface area contributed by atoms with Crippen molar-refractivity contribution in [3.8, 4) is 0 Å². The Morgan fingerprint density at radius 1 is 1.64 bits per heavy atom. The van der Waals surface area contributed by atoms with E-state index >= 15 is 0 Å². The van der Waals surface area contributed by atoms with Gasteiger partial charge in [0.15, 0.2) is 0 Å². The van der Waals surface area contributed by atoms with Crippen LogP contribution in [-0.4, -0.2) is 6.54 Å². The Labute approximate surface area is 79.0 Å². The summed E-state index contributed by atoms with van der Waals surface area (Å²) in [4.78, 5) is 1.27. The molecule has 1 heterocycles. The van der Waals surface area contributed by atoms with Crippen LogP contribution in [0.3, 0.4) is 0 Å². The monoisotopic (exact) mass is 231 g/mol. The predicted octanol–water partition coefficient (Wildman–Crippen LogP) is 2.87. The molecule has 0 saturated carbocycles. The van der Waals surface area contributed by atoms with Crippen LogP contribution in [0.2, 0.25) is 0 Å². The van der Waals surface area contributed by atoms with Crippen LogP contribution in [0.1, 0.15) is 11.3 Å². The van der Waals surface area contributed by atoms with Gasteiger partial charge in [-0.05, 0) is 41.0 Å². The summed E-state index contributed by atoms with van der Waals surface area (Å²) < 4.78 is 1.15.